The van der Waals surface area contributed by atoms with Gasteiger partial charge in [0.2, 0.25) is 0 Å². The van der Waals surface area contributed by atoms with Crippen molar-refractivity contribution >= 4 is 21.9 Å². The van der Waals surface area contributed by atoms with Crippen LogP contribution in [0.3, 0.4) is 0 Å². The molecule has 1 aromatic rings. The van der Waals surface area contributed by atoms with Crippen LogP contribution >= 0.6 is 15.9 Å². The van der Waals surface area contributed by atoms with Crippen molar-refractivity contribution in [1.82, 2.24) is 4.90 Å². The van der Waals surface area contributed by atoms with Crippen LogP contribution in [-0.4, -0.2) is 41.8 Å². The van der Waals surface area contributed by atoms with Crippen LogP contribution in [0.1, 0.15) is 5.56 Å². The van der Waals surface area contributed by atoms with Crippen LogP contribution < -0.4 is 0 Å². The predicted octanol–water partition coefficient (Wildman–Crippen LogP) is 1.73. The minimum absolute atomic E-state index is 0.441. The third-order valence-electron chi connectivity index (χ3n) is 2.78. The summed E-state index contributed by atoms with van der Waals surface area (Å²) in [6.45, 7) is 2.43. The molecule has 0 spiro atoms. The van der Waals surface area contributed by atoms with Crippen molar-refractivity contribution in [1.29, 1.82) is 0 Å². The number of carbonyl (C=O) groups is 1. The van der Waals surface area contributed by atoms with E-state index in [1.165, 1.54) is 5.56 Å². The van der Waals surface area contributed by atoms with Gasteiger partial charge in [-0.25, -0.2) is 4.79 Å². The molecule has 1 saturated heterocycles. The number of hydrogen-bond donors (Lipinski definition) is 1. The maximum atomic E-state index is 10.9. The average molecular weight is 300 g/mol. The van der Waals surface area contributed by atoms with E-state index in [2.05, 4.69) is 20.8 Å². The molecule has 1 aliphatic heterocycles. The van der Waals surface area contributed by atoms with Crippen LogP contribution in [-0.2, 0) is 16.1 Å². The van der Waals surface area contributed by atoms with Gasteiger partial charge in [0.05, 0.1) is 6.61 Å². The van der Waals surface area contributed by atoms with Crippen molar-refractivity contribution in [2.75, 3.05) is 19.7 Å². The number of rotatable bonds is 3. The van der Waals surface area contributed by atoms with Gasteiger partial charge in [-0.15, -0.1) is 0 Å². The Morgan fingerprint density at radius 1 is 1.53 bits per heavy atom. The van der Waals surface area contributed by atoms with Crippen molar-refractivity contribution < 1.29 is 14.6 Å². The lowest BCUT2D eigenvalue weighted by atomic mass is 10.2. The molecular formula is C12H14BrNO3. The third kappa shape index (κ3) is 3.28. The Morgan fingerprint density at radius 3 is 3.00 bits per heavy atom. The summed E-state index contributed by atoms with van der Waals surface area (Å²) in [5.74, 6) is -0.887. The quantitative estimate of drug-likeness (QED) is 0.923. The molecule has 1 aliphatic rings. The number of carboxylic acids is 1. The molecule has 1 fully saturated rings. The Bertz CT molecular complexity index is 410. The van der Waals surface area contributed by atoms with Crippen molar-refractivity contribution in [2.24, 2.45) is 0 Å². The molecule has 1 atom stereocenters. The summed E-state index contributed by atoms with van der Waals surface area (Å²) in [6, 6.07) is 7.97. The number of ether oxygens (including phenoxy) is 1. The Kier molecular flexibility index (Phi) is 4.15. The maximum absolute atomic E-state index is 10.9. The molecule has 0 amide bonds. The molecule has 2 rings (SSSR count). The number of hydrogen-bond acceptors (Lipinski definition) is 3. The zero-order chi connectivity index (χ0) is 12.3. The fourth-order valence-corrected chi connectivity index (χ4v) is 2.27. The van der Waals surface area contributed by atoms with Crippen molar-refractivity contribution in [2.45, 2.75) is 12.6 Å². The van der Waals surface area contributed by atoms with Gasteiger partial charge < -0.3 is 9.84 Å². The molecule has 0 bridgehead atoms. The molecule has 0 saturated carbocycles. The summed E-state index contributed by atoms with van der Waals surface area (Å²) in [7, 11) is 0. The predicted molar refractivity (Wildman–Crippen MR) is 66.8 cm³/mol. The first kappa shape index (κ1) is 12.5. The average Bonchev–Trinajstić information content (AvgIpc) is 2.32. The lowest BCUT2D eigenvalue weighted by Crippen LogP contribution is -2.45. The molecular weight excluding hydrogens is 286 g/mol. The van der Waals surface area contributed by atoms with E-state index in [0.717, 1.165) is 17.6 Å². The molecule has 0 aromatic heterocycles. The first-order valence-electron chi connectivity index (χ1n) is 5.47. The minimum atomic E-state index is -0.887. The summed E-state index contributed by atoms with van der Waals surface area (Å²) in [5, 5.41) is 8.92. The molecule has 0 radical (unpaired) electrons. The Morgan fingerprint density at radius 2 is 2.29 bits per heavy atom. The number of benzene rings is 1. The van der Waals surface area contributed by atoms with E-state index in [0.29, 0.717) is 13.2 Å². The highest BCUT2D eigenvalue weighted by atomic mass is 79.9. The summed E-state index contributed by atoms with van der Waals surface area (Å²) < 4.78 is 6.24. The monoisotopic (exact) mass is 299 g/mol. The van der Waals surface area contributed by atoms with Gasteiger partial charge in [-0.3, -0.25) is 4.90 Å². The largest absolute Gasteiger partial charge is 0.479 e. The fraction of sp³-hybridized carbons (Fsp3) is 0.417. The second kappa shape index (κ2) is 5.62. The van der Waals surface area contributed by atoms with E-state index < -0.39 is 12.1 Å². The molecule has 5 heteroatoms. The minimum Gasteiger partial charge on any atom is -0.479 e. The zero-order valence-electron chi connectivity index (χ0n) is 9.30. The first-order chi connectivity index (χ1) is 8.16. The molecule has 92 valence electrons. The number of morpholine rings is 1. The molecule has 4 nitrogen and oxygen atoms in total. The highest BCUT2D eigenvalue weighted by Crippen LogP contribution is 2.19. The van der Waals surface area contributed by atoms with Gasteiger partial charge in [0.1, 0.15) is 0 Å². The lowest BCUT2D eigenvalue weighted by Gasteiger charge is -2.30. The summed E-state index contributed by atoms with van der Waals surface area (Å²) in [6.07, 6.45) is -0.703. The van der Waals surface area contributed by atoms with Crippen LogP contribution in [0.25, 0.3) is 0 Å². The molecule has 1 aromatic carbocycles. The van der Waals surface area contributed by atoms with Crippen LogP contribution in [0.4, 0.5) is 0 Å². The van der Waals surface area contributed by atoms with Crippen molar-refractivity contribution in [3.63, 3.8) is 0 Å². The summed E-state index contributed by atoms with van der Waals surface area (Å²) >= 11 is 3.49. The zero-order valence-corrected chi connectivity index (χ0v) is 10.9. The fourth-order valence-electron chi connectivity index (χ4n) is 1.86. The molecule has 1 N–H and O–H groups in total. The van der Waals surface area contributed by atoms with E-state index in [1.807, 2.05) is 24.3 Å². The standard InChI is InChI=1S/C12H14BrNO3/c13-10-4-2-1-3-9(10)7-14-5-6-17-11(8-14)12(15)16/h1-4,11H,5-8H2,(H,15,16). The molecule has 1 heterocycles. The summed E-state index contributed by atoms with van der Waals surface area (Å²) in [4.78, 5) is 13.0. The topological polar surface area (TPSA) is 49.8 Å². The molecule has 1 unspecified atom stereocenters. The summed E-state index contributed by atoms with van der Waals surface area (Å²) in [5.41, 5.74) is 1.17. The van der Waals surface area contributed by atoms with Gasteiger partial charge in [-0.05, 0) is 11.6 Å². The highest BCUT2D eigenvalue weighted by Gasteiger charge is 2.26. The van der Waals surface area contributed by atoms with E-state index in [4.69, 9.17) is 9.84 Å². The van der Waals surface area contributed by atoms with Crippen molar-refractivity contribution in [3.05, 3.63) is 34.3 Å². The number of carboxylic acid groups (broad SMARTS) is 1. The SMILES string of the molecule is O=C(O)C1CN(Cc2ccccc2Br)CCO1. The second-order valence-electron chi connectivity index (χ2n) is 4.02. The Hall–Kier alpha value is -0.910. The molecule has 17 heavy (non-hydrogen) atoms. The number of nitrogens with zero attached hydrogens (tertiary/aromatic N) is 1. The third-order valence-corrected chi connectivity index (χ3v) is 3.55. The van der Waals surface area contributed by atoms with Crippen LogP contribution in [0.2, 0.25) is 0 Å². The van der Waals surface area contributed by atoms with Gasteiger partial charge >= 0.3 is 5.97 Å². The molecule has 0 aliphatic carbocycles. The lowest BCUT2D eigenvalue weighted by molar-refractivity contribution is -0.156. The van der Waals surface area contributed by atoms with E-state index in [-0.39, 0.29) is 0 Å². The van der Waals surface area contributed by atoms with Gasteiger partial charge in [0.15, 0.2) is 6.10 Å². The van der Waals surface area contributed by atoms with E-state index in [9.17, 15) is 4.79 Å². The second-order valence-corrected chi connectivity index (χ2v) is 4.88. The van der Waals surface area contributed by atoms with Gasteiger partial charge in [0, 0.05) is 24.1 Å². The smallest absolute Gasteiger partial charge is 0.334 e. The van der Waals surface area contributed by atoms with Gasteiger partial charge in [-0.1, -0.05) is 34.1 Å². The van der Waals surface area contributed by atoms with Crippen LogP contribution in [0, 0.1) is 0 Å². The highest BCUT2D eigenvalue weighted by molar-refractivity contribution is 9.10. The van der Waals surface area contributed by atoms with Crippen LogP contribution in [0.5, 0.6) is 0 Å². The number of aliphatic carboxylic acids is 1. The maximum Gasteiger partial charge on any atom is 0.334 e. The number of halogens is 1. The Balaban J connectivity index is 1.99. The van der Waals surface area contributed by atoms with E-state index >= 15 is 0 Å². The van der Waals surface area contributed by atoms with Gasteiger partial charge in [0.25, 0.3) is 0 Å². The van der Waals surface area contributed by atoms with Gasteiger partial charge in [-0.2, -0.15) is 0 Å². The van der Waals surface area contributed by atoms with Crippen LogP contribution in [0.15, 0.2) is 28.7 Å². The Labute approximate surface area is 108 Å². The van der Waals surface area contributed by atoms with Crippen molar-refractivity contribution in [3.8, 4) is 0 Å². The van der Waals surface area contributed by atoms with E-state index in [1.54, 1.807) is 0 Å². The normalized spacial score (nSPS) is 21.4. The first-order valence-corrected chi connectivity index (χ1v) is 6.26.